The van der Waals surface area contributed by atoms with Crippen LogP contribution in [0.25, 0.3) is 0 Å². The number of likely N-dealkylation sites (tertiary alicyclic amines) is 1. The molecule has 1 aromatic rings. The number of hydrogen-bond acceptors (Lipinski definition) is 7. The number of β-amino-alcohol motifs (C(OH)–C–C–N with tert-alkyl or cyclic N) is 1. The van der Waals surface area contributed by atoms with E-state index in [4.69, 9.17) is 4.74 Å². The minimum absolute atomic E-state index is 0.141. The highest BCUT2D eigenvalue weighted by molar-refractivity contribution is 7.03. The Morgan fingerprint density at radius 2 is 2.14 bits per heavy atom. The standard InChI is InChI=1S/C20H34N4O3S/c1-20(2)14-27-8-4-5-16-10-24(11-17-13-28-22-21-17)7-6-15(16)9-19(26)23(3)12-18(20)25/h13,15-16,18,25H,4-12,14H2,1-3H3/t15-,16-,18-/m0/s1. The number of ether oxygens (including phenoxy) is 1. The second-order valence-corrected chi connectivity index (χ2v) is 9.73. The molecule has 2 fully saturated rings. The molecule has 3 heterocycles. The number of amides is 1. The molecule has 7 nitrogen and oxygen atoms in total. The van der Waals surface area contributed by atoms with E-state index in [2.05, 4.69) is 14.5 Å². The Morgan fingerprint density at radius 3 is 2.89 bits per heavy atom. The molecule has 0 radical (unpaired) electrons. The van der Waals surface area contributed by atoms with E-state index in [1.807, 2.05) is 26.3 Å². The topological polar surface area (TPSA) is 78.8 Å². The molecule has 0 unspecified atom stereocenters. The van der Waals surface area contributed by atoms with E-state index in [1.165, 1.54) is 11.5 Å². The minimum atomic E-state index is -0.591. The lowest BCUT2D eigenvalue weighted by atomic mass is 9.80. The summed E-state index contributed by atoms with van der Waals surface area (Å²) in [5, 5.41) is 16.8. The fourth-order valence-corrected chi connectivity index (χ4v) is 4.69. The first kappa shape index (κ1) is 21.6. The first-order valence-electron chi connectivity index (χ1n) is 10.3. The summed E-state index contributed by atoms with van der Waals surface area (Å²) in [4.78, 5) is 17.0. The smallest absolute Gasteiger partial charge is 0.222 e. The monoisotopic (exact) mass is 410 g/mol. The number of aromatic nitrogens is 2. The van der Waals surface area contributed by atoms with Crippen LogP contribution in [0, 0.1) is 17.3 Å². The van der Waals surface area contributed by atoms with Crippen LogP contribution in [0.5, 0.6) is 0 Å². The molecular weight excluding hydrogens is 376 g/mol. The van der Waals surface area contributed by atoms with E-state index in [-0.39, 0.29) is 11.3 Å². The number of nitrogens with zero attached hydrogens (tertiary/aromatic N) is 4. The number of piperidine rings is 1. The molecule has 1 aromatic heterocycles. The van der Waals surface area contributed by atoms with Gasteiger partial charge in [-0.1, -0.05) is 18.3 Å². The van der Waals surface area contributed by atoms with E-state index in [1.54, 1.807) is 4.90 Å². The highest BCUT2D eigenvalue weighted by Crippen LogP contribution is 2.32. The second kappa shape index (κ2) is 9.61. The Labute approximate surface area is 172 Å². The maximum atomic E-state index is 12.8. The number of aliphatic hydroxyl groups is 1. The van der Waals surface area contributed by atoms with Crippen molar-refractivity contribution >= 4 is 17.4 Å². The molecule has 0 aliphatic carbocycles. The zero-order valence-electron chi connectivity index (χ0n) is 17.3. The Balaban J connectivity index is 1.65. The molecule has 0 saturated carbocycles. The van der Waals surface area contributed by atoms with Crippen molar-refractivity contribution in [3.8, 4) is 0 Å². The molecular formula is C20H34N4O3S. The van der Waals surface area contributed by atoms with Gasteiger partial charge in [0.1, 0.15) is 0 Å². The predicted octanol–water partition coefficient (Wildman–Crippen LogP) is 2.02. The third kappa shape index (κ3) is 5.72. The van der Waals surface area contributed by atoms with Crippen LogP contribution in [0.15, 0.2) is 5.38 Å². The molecule has 0 bridgehead atoms. The summed E-state index contributed by atoms with van der Waals surface area (Å²) < 4.78 is 9.85. The molecule has 0 spiro atoms. The normalized spacial score (nSPS) is 30.8. The highest BCUT2D eigenvalue weighted by Gasteiger charge is 2.34. The molecule has 3 rings (SSSR count). The zero-order chi connectivity index (χ0) is 20.1. The van der Waals surface area contributed by atoms with E-state index < -0.39 is 6.10 Å². The second-order valence-electron chi connectivity index (χ2n) is 9.12. The van der Waals surface area contributed by atoms with Gasteiger partial charge in [-0.05, 0) is 49.2 Å². The number of likely N-dealkylation sites (N-methyl/N-ethyl adjacent to an activating group) is 1. The fraction of sp³-hybridized carbons (Fsp3) is 0.850. The van der Waals surface area contributed by atoms with Crippen LogP contribution in [0.1, 0.15) is 45.2 Å². The van der Waals surface area contributed by atoms with Gasteiger partial charge in [-0.15, -0.1) is 5.10 Å². The van der Waals surface area contributed by atoms with Crippen molar-refractivity contribution in [3.63, 3.8) is 0 Å². The van der Waals surface area contributed by atoms with Gasteiger partial charge in [0, 0.05) is 50.5 Å². The minimum Gasteiger partial charge on any atom is -0.391 e. The number of carbonyl (C=O) groups is 1. The predicted molar refractivity (Wildman–Crippen MR) is 109 cm³/mol. The average molecular weight is 411 g/mol. The van der Waals surface area contributed by atoms with Gasteiger partial charge >= 0.3 is 0 Å². The molecule has 2 saturated heterocycles. The summed E-state index contributed by atoms with van der Waals surface area (Å²) in [6, 6.07) is 0. The van der Waals surface area contributed by atoms with Gasteiger partial charge in [0.05, 0.1) is 18.4 Å². The van der Waals surface area contributed by atoms with Crippen molar-refractivity contribution in [2.24, 2.45) is 17.3 Å². The van der Waals surface area contributed by atoms with E-state index in [9.17, 15) is 9.90 Å². The maximum absolute atomic E-state index is 12.8. The Kier molecular flexibility index (Phi) is 7.42. The molecule has 1 amide bonds. The summed E-state index contributed by atoms with van der Waals surface area (Å²) in [6.07, 6.45) is 3.06. The van der Waals surface area contributed by atoms with Crippen LogP contribution >= 0.6 is 11.5 Å². The lowest BCUT2D eigenvalue weighted by molar-refractivity contribution is -0.134. The lowest BCUT2D eigenvalue weighted by Crippen LogP contribution is -2.45. The van der Waals surface area contributed by atoms with Gasteiger partial charge < -0.3 is 14.7 Å². The molecule has 3 atom stereocenters. The largest absolute Gasteiger partial charge is 0.391 e. The Hall–Kier alpha value is -1.09. The van der Waals surface area contributed by atoms with Crippen LogP contribution in [0.2, 0.25) is 0 Å². The van der Waals surface area contributed by atoms with Gasteiger partial charge in [-0.3, -0.25) is 9.69 Å². The first-order chi connectivity index (χ1) is 13.3. The van der Waals surface area contributed by atoms with Gasteiger partial charge in [-0.25, -0.2) is 0 Å². The summed E-state index contributed by atoms with van der Waals surface area (Å²) in [5.74, 6) is 1.02. The van der Waals surface area contributed by atoms with E-state index in [0.717, 1.165) is 44.6 Å². The lowest BCUT2D eigenvalue weighted by Gasteiger charge is -2.39. The molecule has 2 aliphatic heterocycles. The van der Waals surface area contributed by atoms with Crippen molar-refractivity contribution < 1.29 is 14.6 Å². The summed E-state index contributed by atoms with van der Waals surface area (Å²) in [5.41, 5.74) is 0.664. The molecule has 28 heavy (non-hydrogen) atoms. The van der Waals surface area contributed by atoms with Crippen molar-refractivity contribution in [1.29, 1.82) is 0 Å². The van der Waals surface area contributed by atoms with Gasteiger partial charge in [0.25, 0.3) is 0 Å². The van der Waals surface area contributed by atoms with Crippen molar-refractivity contribution in [2.45, 2.75) is 52.2 Å². The van der Waals surface area contributed by atoms with Crippen LogP contribution in [0.4, 0.5) is 0 Å². The summed E-state index contributed by atoms with van der Waals surface area (Å²) >= 11 is 1.39. The molecule has 158 valence electrons. The van der Waals surface area contributed by atoms with Gasteiger partial charge in [0.2, 0.25) is 5.91 Å². The highest BCUT2D eigenvalue weighted by atomic mass is 32.1. The van der Waals surface area contributed by atoms with Crippen molar-refractivity contribution in [1.82, 2.24) is 19.4 Å². The number of aliphatic hydroxyl groups excluding tert-OH is 1. The van der Waals surface area contributed by atoms with E-state index >= 15 is 0 Å². The quantitative estimate of drug-likeness (QED) is 0.804. The first-order valence-corrected chi connectivity index (χ1v) is 11.2. The fourth-order valence-electron chi connectivity index (χ4n) is 4.24. The molecule has 1 N–H and O–H groups in total. The summed E-state index contributed by atoms with van der Waals surface area (Å²) in [7, 11) is 1.81. The Morgan fingerprint density at radius 1 is 1.32 bits per heavy atom. The SMILES string of the molecule is CN1C[C@H](O)C(C)(C)COCCC[C@H]2CN(Cc3csnn3)CC[C@H]2CC1=O. The number of carbonyl (C=O) groups excluding carboxylic acids is 1. The van der Waals surface area contributed by atoms with E-state index in [0.29, 0.717) is 38.0 Å². The summed E-state index contributed by atoms with van der Waals surface area (Å²) in [6.45, 7) is 8.39. The zero-order valence-corrected chi connectivity index (χ0v) is 18.2. The average Bonchev–Trinajstić information content (AvgIpc) is 3.15. The number of rotatable bonds is 2. The number of hydrogen-bond donors (Lipinski definition) is 1. The third-order valence-corrected chi connectivity index (χ3v) is 6.87. The van der Waals surface area contributed by atoms with Gasteiger partial charge in [0.15, 0.2) is 0 Å². The molecule has 2 aliphatic rings. The Bertz CT molecular complexity index is 625. The van der Waals surface area contributed by atoms with Crippen LogP contribution in [-0.2, 0) is 16.1 Å². The molecule has 0 aromatic carbocycles. The molecule has 8 heteroatoms. The van der Waals surface area contributed by atoms with Crippen LogP contribution < -0.4 is 0 Å². The third-order valence-electron chi connectivity index (χ3n) is 6.32. The van der Waals surface area contributed by atoms with Crippen molar-refractivity contribution in [2.75, 3.05) is 39.9 Å². The maximum Gasteiger partial charge on any atom is 0.222 e. The van der Waals surface area contributed by atoms with Crippen molar-refractivity contribution in [3.05, 3.63) is 11.1 Å². The number of fused-ring (bicyclic) bond motifs is 1. The van der Waals surface area contributed by atoms with Gasteiger partial charge in [-0.2, -0.15) is 0 Å². The van der Waals surface area contributed by atoms with Crippen LogP contribution in [-0.4, -0.2) is 76.4 Å². The van der Waals surface area contributed by atoms with Crippen LogP contribution in [0.3, 0.4) is 0 Å².